The van der Waals surface area contributed by atoms with Gasteiger partial charge < -0.3 is 27.1 Å². The van der Waals surface area contributed by atoms with Crippen molar-refractivity contribution in [2.45, 2.75) is 6.92 Å². The standard InChI is InChI=1S/C6H12N2.C3H3N.BF4/c1-3-8-5-4-7(2)6-8;1-2-3-4;2-1(3,4)5/h4-5H,3,6H2,1-2H3;2H,1H2;/q;;-1. The van der Waals surface area contributed by atoms with Crippen LogP contribution in [0.15, 0.2) is 25.1 Å². The first-order chi connectivity index (χ1) is 7.74. The maximum atomic E-state index is 9.75. The second-order valence-electron chi connectivity index (χ2n) is 2.93. The number of halogens is 4. The third-order valence-electron chi connectivity index (χ3n) is 1.43. The zero-order chi connectivity index (χ0) is 13.9. The number of allylic oxidation sites excluding steroid dienone is 1. The molecule has 0 saturated carbocycles. The summed E-state index contributed by atoms with van der Waals surface area (Å²) in [7, 11) is -3.92. The second kappa shape index (κ2) is 9.57. The van der Waals surface area contributed by atoms with Gasteiger partial charge in [-0.2, -0.15) is 5.26 Å². The Labute approximate surface area is 98.7 Å². The Morgan fingerprint density at radius 3 is 1.94 bits per heavy atom. The van der Waals surface area contributed by atoms with Gasteiger partial charge in [0, 0.05) is 32.1 Å². The molecule has 0 atom stereocenters. The van der Waals surface area contributed by atoms with Crippen molar-refractivity contribution >= 4 is 7.25 Å². The van der Waals surface area contributed by atoms with Gasteiger partial charge in [-0.25, -0.2) is 0 Å². The van der Waals surface area contributed by atoms with E-state index < -0.39 is 7.25 Å². The minimum Gasteiger partial charge on any atom is -0.418 e. The van der Waals surface area contributed by atoms with E-state index in [2.05, 4.69) is 42.8 Å². The van der Waals surface area contributed by atoms with Crippen LogP contribution in [0.4, 0.5) is 17.3 Å². The molecule has 0 amide bonds. The predicted molar refractivity (Wildman–Crippen MR) is 60.1 cm³/mol. The molecular weight excluding hydrogens is 237 g/mol. The fraction of sp³-hybridized carbons (Fsp3) is 0.444. The maximum absolute atomic E-state index is 9.75. The summed E-state index contributed by atoms with van der Waals surface area (Å²) in [6.45, 7) is 7.44. The topological polar surface area (TPSA) is 30.3 Å². The first kappa shape index (κ1) is 17.7. The van der Waals surface area contributed by atoms with Gasteiger partial charge in [0.25, 0.3) is 0 Å². The van der Waals surface area contributed by atoms with Crippen molar-refractivity contribution in [3.8, 4) is 6.07 Å². The van der Waals surface area contributed by atoms with Gasteiger partial charge >= 0.3 is 7.25 Å². The van der Waals surface area contributed by atoms with Crippen LogP contribution in [0.2, 0.25) is 0 Å². The van der Waals surface area contributed by atoms with Crippen molar-refractivity contribution in [1.82, 2.24) is 9.80 Å². The number of nitrogens with zero attached hydrogens (tertiary/aromatic N) is 3. The number of nitriles is 1. The van der Waals surface area contributed by atoms with Gasteiger partial charge in [-0.1, -0.05) is 6.58 Å². The largest absolute Gasteiger partial charge is 0.673 e. The zero-order valence-electron chi connectivity index (χ0n) is 9.78. The summed E-state index contributed by atoms with van der Waals surface area (Å²) in [6, 6.07) is 1.69. The average molecular weight is 252 g/mol. The van der Waals surface area contributed by atoms with Crippen LogP contribution in [0.25, 0.3) is 0 Å². The smallest absolute Gasteiger partial charge is 0.418 e. The highest BCUT2D eigenvalue weighted by atomic mass is 19.5. The van der Waals surface area contributed by atoms with E-state index in [1.165, 1.54) is 6.08 Å². The molecule has 1 heterocycles. The van der Waals surface area contributed by atoms with Crippen LogP contribution in [-0.4, -0.2) is 37.3 Å². The molecule has 1 rings (SSSR count). The molecular formula is C9H15BF4N3-. The zero-order valence-corrected chi connectivity index (χ0v) is 9.78. The molecule has 98 valence electrons. The Hall–Kier alpha value is -1.65. The van der Waals surface area contributed by atoms with E-state index in [1.54, 1.807) is 6.07 Å². The summed E-state index contributed by atoms with van der Waals surface area (Å²) in [5.41, 5.74) is 0. The Bertz CT molecular complexity index is 266. The normalized spacial score (nSPS) is 13.0. The molecule has 3 nitrogen and oxygen atoms in total. The molecule has 0 fully saturated rings. The summed E-state index contributed by atoms with van der Waals surface area (Å²) in [5, 5.41) is 7.51. The van der Waals surface area contributed by atoms with Crippen molar-refractivity contribution in [3.05, 3.63) is 25.1 Å². The Morgan fingerprint density at radius 1 is 1.41 bits per heavy atom. The van der Waals surface area contributed by atoms with E-state index in [-0.39, 0.29) is 0 Å². The Kier molecular flexibility index (Phi) is 9.99. The summed E-state index contributed by atoms with van der Waals surface area (Å²) < 4.78 is 39.0. The molecule has 0 aromatic carbocycles. The van der Waals surface area contributed by atoms with E-state index in [0.717, 1.165) is 13.2 Å². The van der Waals surface area contributed by atoms with Crippen LogP contribution >= 0.6 is 0 Å². The summed E-state index contributed by atoms with van der Waals surface area (Å²) in [6.07, 6.45) is 5.38. The van der Waals surface area contributed by atoms with E-state index >= 15 is 0 Å². The SMILES string of the molecule is C=CC#N.CCN1C=CN(C)C1.F[B-](F)(F)F. The van der Waals surface area contributed by atoms with Crippen molar-refractivity contribution in [2.24, 2.45) is 0 Å². The highest BCUT2D eigenvalue weighted by Crippen LogP contribution is 2.06. The molecule has 0 saturated heterocycles. The lowest BCUT2D eigenvalue weighted by molar-refractivity contribution is 0.308. The lowest BCUT2D eigenvalue weighted by Gasteiger charge is -2.14. The highest BCUT2D eigenvalue weighted by molar-refractivity contribution is 6.50. The molecule has 8 heteroatoms. The molecule has 0 N–H and O–H groups in total. The molecule has 17 heavy (non-hydrogen) atoms. The summed E-state index contributed by atoms with van der Waals surface area (Å²) >= 11 is 0. The molecule has 0 radical (unpaired) electrons. The molecule has 0 spiro atoms. The number of rotatable bonds is 1. The van der Waals surface area contributed by atoms with E-state index in [9.17, 15) is 17.3 Å². The van der Waals surface area contributed by atoms with Gasteiger partial charge in [0.2, 0.25) is 0 Å². The fourth-order valence-electron chi connectivity index (χ4n) is 0.794. The van der Waals surface area contributed by atoms with Crippen LogP contribution in [0.3, 0.4) is 0 Å². The minimum absolute atomic E-state index is 1.05. The number of hydrogen-bond donors (Lipinski definition) is 0. The van der Waals surface area contributed by atoms with Crippen molar-refractivity contribution < 1.29 is 17.3 Å². The molecule has 1 aliphatic rings. The van der Waals surface area contributed by atoms with Crippen LogP contribution in [-0.2, 0) is 0 Å². The van der Waals surface area contributed by atoms with Crippen LogP contribution in [0.5, 0.6) is 0 Å². The second-order valence-corrected chi connectivity index (χ2v) is 2.93. The quantitative estimate of drug-likeness (QED) is 0.408. The van der Waals surface area contributed by atoms with Gasteiger partial charge in [-0.3, -0.25) is 0 Å². The molecule has 0 bridgehead atoms. The summed E-state index contributed by atoms with van der Waals surface area (Å²) in [5.74, 6) is 0. The molecule has 0 aliphatic carbocycles. The van der Waals surface area contributed by atoms with Crippen molar-refractivity contribution in [1.29, 1.82) is 5.26 Å². The lowest BCUT2D eigenvalue weighted by Crippen LogP contribution is -2.21. The predicted octanol–water partition coefficient (Wildman–Crippen LogP) is 2.68. The molecule has 0 aromatic rings. The molecule has 0 aromatic heterocycles. The van der Waals surface area contributed by atoms with Gasteiger partial charge in [0.05, 0.1) is 12.7 Å². The van der Waals surface area contributed by atoms with Crippen LogP contribution in [0.1, 0.15) is 6.92 Å². The first-order valence-electron chi connectivity index (χ1n) is 4.75. The van der Waals surface area contributed by atoms with Gasteiger partial charge in [0.15, 0.2) is 0 Å². The lowest BCUT2D eigenvalue weighted by atomic mass is 10.3. The highest BCUT2D eigenvalue weighted by Gasteiger charge is 2.20. The first-order valence-corrected chi connectivity index (χ1v) is 4.75. The molecule has 0 unspecified atom stereocenters. The summed E-state index contributed by atoms with van der Waals surface area (Å²) in [4.78, 5) is 4.41. The van der Waals surface area contributed by atoms with E-state index in [1.807, 2.05) is 0 Å². The average Bonchev–Trinajstić information content (AvgIpc) is 2.62. The fourth-order valence-corrected chi connectivity index (χ4v) is 0.794. The van der Waals surface area contributed by atoms with Crippen LogP contribution < -0.4 is 0 Å². The van der Waals surface area contributed by atoms with Gasteiger partial charge in [0.1, 0.15) is 0 Å². The maximum Gasteiger partial charge on any atom is 0.673 e. The van der Waals surface area contributed by atoms with Crippen molar-refractivity contribution in [3.63, 3.8) is 0 Å². The van der Waals surface area contributed by atoms with Crippen molar-refractivity contribution in [2.75, 3.05) is 20.3 Å². The third-order valence-corrected chi connectivity index (χ3v) is 1.43. The van der Waals surface area contributed by atoms with Gasteiger partial charge in [-0.15, -0.1) is 0 Å². The Balaban J connectivity index is 0. The molecule has 1 aliphatic heterocycles. The monoisotopic (exact) mass is 252 g/mol. The minimum atomic E-state index is -6.00. The number of hydrogen-bond acceptors (Lipinski definition) is 3. The van der Waals surface area contributed by atoms with E-state index in [4.69, 9.17) is 5.26 Å². The third kappa shape index (κ3) is 20.4. The van der Waals surface area contributed by atoms with Gasteiger partial charge in [-0.05, 0) is 6.92 Å². The Morgan fingerprint density at radius 2 is 1.82 bits per heavy atom. The van der Waals surface area contributed by atoms with Crippen LogP contribution in [0, 0.1) is 11.3 Å². The van der Waals surface area contributed by atoms with E-state index in [0.29, 0.717) is 0 Å².